The summed E-state index contributed by atoms with van der Waals surface area (Å²) >= 11 is 5.86. The number of benzene rings is 2. The van der Waals surface area contributed by atoms with Crippen LogP contribution in [0.1, 0.15) is 34.3 Å². The van der Waals surface area contributed by atoms with Crippen molar-refractivity contribution in [3.8, 4) is 0 Å². The molecule has 0 saturated carbocycles. The molecule has 1 saturated heterocycles. The first-order chi connectivity index (χ1) is 14.3. The van der Waals surface area contributed by atoms with Gasteiger partial charge in [0, 0.05) is 29.4 Å². The van der Waals surface area contributed by atoms with Crippen LogP contribution in [0.25, 0.3) is 0 Å². The van der Waals surface area contributed by atoms with Gasteiger partial charge < -0.3 is 15.0 Å². The molecule has 3 rings (SSSR count). The first-order valence-corrected chi connectivity index (χ1v) is 10.3. The molecule has 0 bridgehead atoms. The number of carbonyl (C=O) groups is 3. The third-order valence-electron chi connectivity index (χ3n) is 5.43. The molecule has 1 aliphatic heterocycles. The number of hydrogen-bond acceptors (Lipinski definition) is 4. The predicted molar refractivity (Wildman–Crippen MR) is 116 cm³/mol. The van der Waals surface area contributed by atoms with Crippen LogP contribution in [-0.2, 0) is 14.3 Å². The molecule has 0 atom stereocenters. The summed E-state index contributed by atoms with van der Waals surface area (Å²) in [6.45, 7) is 4.51. The molecule has 0 aliphatic carbocycles. The van der Waals surface area contributed by atoms with Gasteiger partial charge in [-0.25, -0.2) is 0 Å². The van der Waals surface area contributed by atoms with Crippen molar-refractivity contribution in [2.45, 2.75) is 26.7 Å². The predicted octanol–water partition coefficient (Wildman–Crippen LogP) is 3.99. The van der Waals surface area contributed by atoms with Crippen LogP contribution in [0.3, 0.4) is 0 Å². The summed E-state index contributed by atoms with van der Waals surface area (Å²) in [6, 6.07) is 12.4. The number of rotatable bonds is 5. The summed E-state index contributed by atoms with van der Waals surface area (Å²) in [4.78, 5) is 38.7. The standard InChI is InChI=1S/C23H25ClN2O4/c1-15-4-3-5-20(16(15)2)25-21(27)14-30-23(29)18-10-12-26(13-11-18)22(28)17-6-8-19(24)9-7-17/h3-9,18H,10-14H2,1-2H3,(H,25,27). The van der Waals surface area contributed by atoms with Crippen LogP contribution < -0.4 is 5.32 Å². The Hall–Kier alpha value is -2.86. The number of likely N-dealkylation sites (tertiary alicyclic amines) is 1. The zero-order valence-corrected chi connectivity index (χ0v) is 17.9. The number of nitrogens with one attached hydrogen (secondary N) is 1. The van der Waals surface area contributed by atoms with Gasteiger partial charge in [0.2, 0.25) is 0 Å². The molecule has 0 aromatic heterocycles. The lowest BCUT2D eigenvalue weighted by atomic mass is 9.96. The minimum Gasteiger partial charge on any atom is -0.455 e. The number of ether oxygens (including phenoxy) is 1. The van der Waals surface area contributed by atoms with Crippen LogP contribution in [0.4, 0.5) is 5.69 Å². The van der Waals surface area contributed by atoms with Crippen LogP contribution in [-0.4, -0.2) is 42.4 Å². The second-order valence-corrected chi connectivity index (χ2v) is 7.91. The Kier molecular flexibility index (Phi) is 7.11. The number of piperidine rings is 1. The minimum atomic E-state index is -0.398. The van der Waals surface area contributed by atoms with Gasteiger partial charge in [0.25, 0.3) is 11.8 Å². The van der Waals surface area contributed by atoms with Gasteiger partial charge in [-0.1, -0.05) is 23.7 Å². The third-order valence-corrected chi connectivity index (χ3v) is 5.68. The number of anilines is 1. The third kappa shape index (κ3) is 5.39. The van der Waals surface area contributed by atoms with Crippen molar-refractivity contribution < 1.29 is 19.1 Å². The zero-order valence-electron chi connectivity index (χ0n) is 17.1. The number of esters is 1. The molecule has 7 heteroatoms. The van der Waals surface area contributed by atoms with E-state index in [4.69, 9.17) is 16.3 Å². The largest absolute Gasteiger partial charge is 0.455 e. The van der Waals surface area contributed by atoms with E-state index in [-0.39, 0.29) is 24.3 Å². The lowest BCUT2D eigenvalue weighted by molar-refractivity contribution is -0.152. The second-order valence-electron chi connectivity index (χ2n) is 7.48. The summed E-state index contributed by atoms with van der Waals surface area (Å²) in [6.07, 6.45) is 1.02. The highest BCUT2D eigenvalue weighted by Crippen LogP contribution is 2.21. The number of hydrogen-bond donors (Lipinski definition) is 1. The van der Waals surface area contributed by atoms with E-state index in [1.807, 2.05) is 32.0 Å². The van der Waals surface area contributed by atoms with E-state index in [9.17, 15) is 14.4 Å². The number of carbonyl (C=O) groups excluding carboxylic acids is 3. The summed E-state index contributed by atoms with van der Waals surface area (Å²) in [5.74, 6) is -1.16. The molecule has 1 aliphatic rings. The molecule has 2 amide bonds. The van der Waals surface area contributed by atoms with Crippen LogP contribution in [0.2, 0.25) is 5.02 Å². The molecule has 0 unspecified atom stereocenters. The Morgan fingerprint density at radius 1 is 1.07 bits per heavy atom. The van der Waals surface area contributed by atoms with Gasteiger partial charge in [0.1, 0.15) is 0 Å². The summed E-state index contributed by atoms with van der Waals surface area (Å²) in [7, 11) is 0. The van der Waals surface area contributed by atoms with Gasteiger partial charge >= 0.3 is 5.97 Å². The molecule has 1 N–H and O–H groups in total. The quantitative estimate of drug-likeness (QED) is 0.730. The molecular formula is C23H25ClN2O4. The zero-order chi connectivity index (χ0) is 21.7. The highest BCUT2D eigenvalue weighted by atomic mass is 35.5. The van der Waals surface area contributed by atoms with Gasteiger partial charge in [0.15, 0.2) is 6.61 Å². The lowest BCUT2D eigenvalue weighted by Crippen LogP contribution is -2.41. The molecule has 158 valence electrons. The van der Waals surface area contributed by atoms with E-state index in [0.29, 0.717) is 42.2 Å². The van der Waals surface area contributed by atoms with Gasteiger partial charge in [-0.3, -0.25) is 14.4 Å². The second kappa shape index (κ2) is 9.76. The van der Waals surface area contributed by atoms with Crippen molar-refractivity contribution in [3.05, 3.63) is 64.2 Å². The molecule has 6 nitrogen and oxygen atoms in total. The van der Waals surface area contributed by atoms with E-state index in [2.05, 4.69) is 5.32 Å². The van der Waals surface area contributed by atoms with Gasteiger partial charge in [0.05, 0.1) is 5.92 Å². The highest BCUT2D eigenvalue weighted by Gasteiger charge is 2.29. The average molecular weight is 429 g/mol. The molecule has 1 heterocycles. The number of aryl methyl sites for hydroxylation is 1. The molecule has 0 spiro atoms. The van der Waals surface area contributed by atoms with Crippen molar-refractivity contribution >= 4 is 35.1 Å². The van der Waals surface area contributed by atoms with E-state index in [1.54, 1.807) is 29.2 Å². The average Bonchev–Trinajstić information content (AvgIpc) is 2.75. The van der Waals surface area contributed by atoms with Crippen molar-refractivity contribution in [2.75, 3.05) is 25.0 Å². The Balaban J connectivity index is 1.45. The Bertz CT molecular complexity index is 935. The SMILES string of the molecule is Cc1cccc(NC(=O)COC(=O)C2CCN(C(=O)c3ccc(Cl)cc3)CC2)c1C. The minimum absolute atomic E-state index is 0.0774. The number of nitrogens with zero attached hydrogens (tertiary/aromatic N) is 1. The van der Waals surface area contributed by atoms with E-state index >= 15 is 0 Å². The van der Waals surface area contributed by atoms with Crippen LogP contribution in [0, 0.1) is 19.8 Å². The van der Waals surface area contributed by atoms with Crippen LogP contribution in [0.5, 0.6) is 0 Å². The summed E-state index contributed by atoms with van der Waals surface area (Å²) in [5.41, 5.74) is 3.34. The molecule has 2 aromatic rings. The van der Waals surface area contributed by atoms with Crippen LogP contribution in [0.15, 0.2) is 42.5 Å². The normalized spacial score (nSPS) is 14.3. The Morgan fingerprint density at radius 3 is 2.40 bits per heavy atom. The maximum Gasteiger partial charge on any atom is 0.309 e. The van der Waals surface area contributed by atoms with Crippen molar-refractivity contribution in [2.24, 2.45) is 5.92 Å². The van der Waals surface area contributed by atoms with Crippen molar-refractivity contribution in [3.63, 3.8) is 0 Å². The van der Waals surface area contributed by atoms with E-state index < -0.39 is 5.97 Å². The monoisotopic (exact) mass is 428 g/mol. The first kappa shape index (κ1) is 21.8. The number of amides is 2. The summed E-state index contributed by atoms with van der Waals surface area (Å²) in [5, 5.41) is 3.35. The number of halogens is 1. The maximum atomic E-state index is 12.5. The van der Waals surface area contributed by atoms with Gasteiger partial charge in [-0.2, -0.15) is 0 Å². The smallest absolute Gasteiger partial charge is 0.309 e. The van der Waals surface area contributed by atoms with Crippen molar-refractivity contribution in [1.29, 1.82) is 0 Å². The first-order valence-electron chi connectivity index (χ1n) is 9.92. The molecular weight excluding hydrogens is 404 g/mol. The van der Waals surface area contributed by atoms with Crippen LogP contribution >= 0.6 is 11.6 Å². The molecule has 1 fully saturated rings. The summed E-state index contributed by atoms with van der Waals surface area (Å²) < 4.78 is 5.21. The maximum absolute atomic E-state index is 12.5. The lowest BCUT2D eigenvalue weighted by Gasteiger charge is -2.31. The fraction of sp³-hybridized carbons (Fsp3) is 0.348. The Morgan fingerprint density at radius 2 is 1.73 bits per heavy atom. The molecule has 0 radical (unpaired) electrons. The molecule has 2 aromatic carbocycles. The highest BCUT2D eigenvalue weighted by molar-refractivity contribution is 6.30. The fourth-order valence-electron chi connectivity index (χ4n) is 3.42. The van der Waals surface area contributed by atoms with Gasteiger partial charge in [-0.15, -0.1) is 0 Å². The Labute approximate surface area is 181 Å². The van der Waals surface area contributed by atoms with E-state index in [0.717, 1.165) is 11.1 Å². The topological polar surface area (TPSA) is 75.7 Å². The van der Waals surface area contributed by atoms with Crippen molar-refractivity contribution in [1.82, 2.24) is 4.90 Å². The fourth-order valence-corrected chi connectivity index (χ4v) is 3.55. The molecule has 30 heavy (non-hydrogen) atoms. The van der Waals surface area contributed by atoms with E-state index in [1.165, 1.54) is 0 Å². The van der Waals surface area contributed by atoms with Gasteiger partial charge in [-0.05, 0) is 68.1 Å².